The molecule has 5 rings (SSSR count). The van der Waals surface area contributed by atoms with E-state index in [0.29, 0.717) is 17.9 Å². The molecule has 0 bridgehead atoms. The number of likely N-dealkylation sites (tertiary alicyclic amines) is 2. The number of pyridine rings is 1. The Balaban J connectivity index is 1.33. The van der Waals surface area contributed by atoms with Gasteiger partial charge in [0.2, 0.25) is 5.91 Å². The van der Waals surface area contributed by atoms with Crippen molar-refractivity contribution >= 4 is 5.91 Å². The number of nitrogens with zero attached hydrogens (tertiary/aromatic N) is 6. The van der Waals surface area contributed by atoms with Crippen LogP contribution in [0.4, 0.5) is 0 Å². The van der Waals surface area contributed by atoms with Crippen LogP contribution in [0.5, 0.6) is 0 Å². The maximum atomic E-state index is 13.3. The van der Waals surface area contributed by atoms with Crippen molar-refractivity contribution in [1.82, 2.24) is 29.5 Å². The van der Waals surface area contributed by atoms with E-state index in [4.69, 9.17) is 0 Å². The highest BCUT2D eigenvalue weighted by molar-refractivity contribution is 5.79. The van der Waals surface area contributed by atoms with E-state index in [1.54, 1.807) is 12.4 Å². The lowest BCUT2D eigenvalue weighted by Crippen LogP contribution is -2.44. The van der Waals surface area contributed by atoms with Gasteiger partial charge in [-0.2, -0.15) is 0 Å². The molecule has 0 radical (unpaired) electrons. The summed E-state index contributed by atoms with van der Waals surface area (Å²) in [5, 5.41) is 8.95. The molecule has 0 saturated carbocycles. The van der Waals surface area contributed by atoms with Crippen LogP contribution in [0.25, 0.3) is 11.4 Å². The van der Waals surface area contributed by atoms with Crippen molar-refractivity contribution in [1.29, 1.82) is 0 Å². The summed E-state index contributed by atoms with van der Waals surface area (Å²) in [6, 6.07) is 4.83. The average Bonchev–Trinajstić information content (AvgIpc) is 3.38. The Kier molecular flexibility index (Phi) is 4.86. The van der Waals surface area contributed by atoms with E-state index < -0.39 is 0 Å². The SMILES string of the molecule is CC(C)N1CCC(C(=O)N2C[C@H]3CCc4nnc(-c5ccncc5)n4[C@H]3C2)CC1. The first-order valence-electron chi connectivity index (χ1n) is 11.0. The first-order valence-corrected chi connectivity index (χ1v) is 11.0. The minimum absolute atomic E-state index is 0.185. The molecule has 0 aromatic carbocycles. The van der Waals surface area contributed by atoms with Gasteiger partial charge < -0.3 is 14.4 Å². The van der Waals surface area contributed by atoms with Gasteiger partial charge in [0.15, 0.2) is 5.82 Å². The van der Waals surface area contributed by atoms with Crippen molar-refractivity contribution < 1.29 is 4.79 Å². The van der Waals surface area contributed by atoms with E-state index in [9.17, 15) is 4.79 Å². The molecule has 5 heterocycles. The maximum absolute atomic E-state index is 13.3. The molecule has 2 saturated heterocycles. The predicted molar refractivity (Wildman–Crippen MR) is 110 cm³/mol. The smallest absolute Gasteiger partial charge is 0.225 e. The molecular formula is C22H30N6O. The zero-order valence-electron chi connectivity index (χ0n) is 17.4. The molecule has 7 nitrogen and oxygen atoms in total. The fourth-order valence-corrected chi connectivity index (χ4v) is 5.39. The monoisotopic (exact) mass is 394 g/mol. The third-order valence-electron chi connectivity index (χ3n) is 7.10. The van der Waals surface area contributed by atoms with Crippen molar-refractivity contribution in [3.63, 3.8) is 0 Å². The number of piperidine rings is 1. The fourth-order valence-electron chi connectivity index (χ4n) is 5.39. The average molecular weight is 395 g/mol. The van der Waals surface area contributed by atoms with Crippen molar-refractivity contribution in [3.8, 4) is 11.4 Å². The van der Waals surface area contributed by atoms with Crippen LogP contribution < -0.4 is 0 Å². The number of fused-ring (bicyclic) bond motifs is 3. The molecule has 7 heteroatoms. The number of amides is 1. The highest BCUT2D eigenvalue weighted by Crippen LogP contribution is 2.39. The lowest BCUT2D eigenvalue weighted by atomic mass is 9.93. The normalized spacial score (nSPS) is 25.3. The van der Waals surface area contributed by atoms with Gasteiger partial charge in [-0.1, -0.05) is 0 Å². The van der Waals surface area contributed by atoms with Crippen molar-refractivity contribution in [2.24, 2.45) is 11.8 Å². The van der Waals surface area contributed by atoms with E-state index in [2.05, 4.69) is 43.4 Å². The number of carbonyl (C=O) groups excluding carboxylic acids is 1. The molecule has 3 aliphatic heterocycles. The minimum Gasteiger partial charge on any atom is -0.340 e. The summed E-state index contributed by atoms with van der Waals surface area (Å²) in [4.78, 5) is 22.0. The van der Waals surface area contributed by atoms with E-state index >= 15 is 0 Å². The van der Waals surface area contributed by atoms with Crippen LogP contribution in [0.15, 0.2) is 24.5 Å². The molecule has 2 atom stereocenters. The Morgan fingerprint density at radius 3 is 2.55 bits per heavy atom. The molecule has 0 spiro atoms. The van der Waals surface area contributed by atoms with Gasteiger partial charge in [0, 0.05) is 49.4 Å². The molecule has 3 aliphatic rings. The van der Waals surface area contributed by atoms with Gasteiger partial charge in [0.05, 0.1) is 6.04 Å². The Morgan fingerprint density at radius 2 is 1.83 bits per heavy atom. The molecule has 0 aliphatic carbocycles. The summed E-state index contributed by atoms with van der Waals surface area (Å²) in [5.74, 6) is 3.01. The quantitative estimate of drug-likeness (QED) is 0.800. The Labute approximate surface area is 172 Å². The second-order valence-electron chi connectivity index (χ2n) is 9.06. The highest BCUT2D eigenvalue weighted by Gasteiger charge is 2.43. The summed E-state index contributed by atoms with van der Waals surface area (Å²) in [6.07, 6.45) is 7.60. The summed E-state index contributed by atoms with van der Waals surface area (Å²) >= 11 is 0. The largest absolute Gasteiger partial charge is 0.340 e. The minimum atomic E-state index is 0.185. The molecule has 0 unspecified atom stereocenters. The van der Waals surface area contributed by atoms with Crippen LogP contribution in [0.2, 0.25) is 0 Å². The predicted octanol–water partition coefficient (Wildman–Crippen LogP) is 2.41. The first-order chi connectivity index (χ1) is 14.1. The molecular weight excluding hydrogens is 364 g/mol. The molecule has 2 aromatic rings. The third-order valence-corrected chi connectivity index (χ3v) is 7.10. The zero-order valence-corrected chi connectivity index (χ0v) is 17.4. The second-order valence-corrected chi connectivity index (χ2v) is 9.06. The summed E-state index contributed by atoms with van der Waals surface area (Å²) in [5.41, 5.74) is 1.05. The first kappa shape index (κ1) is 18.7. The van der Waals surface area contributed by atoms with E-state index in [1.807, 2.05) is 12.1 Å². The van der Waals surface area contributed by atoms with Crippen molar-refractivity contribution in [3.05, 3.63) is 30.4 Å². The van der Waals surface area contributed by atoms with Crippen molar-refractivity contribution in [2.45, 2.75) is 51.6 Å². The van der Waals surface area contributed by atoms with Gasteiger partial charge in [0.1, 0.15) is 5.82 Å². The Morgan fingerprint density at radius 1 is 1.07 bits per heavy atom. The van der Waals surface area contributed by atoms with Crippen molar-refractivity contribution in [2.75, 3.05) is 26.2 Å². The lowest BCUT2D eigenvalue weighted by Gasteiger charge is -2.35. The number of aromatic nitrogens is 4. The molecule has 1 amide bonds. The van der Waals surface area contributed by atoms with Crippen LogP contribution in [0.1, 0.15) is 45.0 Å². The van der Waals surface area contributed by atoms with E-state index in [-0.39, 0.29) is 12.0 Å². The Hall–Kier alpha value is -2.28. The van der Waals surface area contributed by atoms with Gasteiger partial charge in [0.25, 0.3) is 0 Å². The third kappa shape index (κ3) is 3.35. The fraction of sp³-hybridized carbons (Fsp3) is 0.636. The van der Waals surface area contributed by atoms with Gasteiger partial charge >= 0.3 is 0 Å². The zero-order chi connectivity index (χ0) is 20.0. The van der Waals surface area contributed by atoms with Gasteiger partial charge in [-0.25, -0.2) is 0 Å². The van der Waals surface area contributed by atoms with Crippen LogP contribution in [0.3, 0.4) is 0 Å². The summed E-state index contributed by atoms with van der Waals surface area (Å²) in [7, 11) is 0. The summed E-state index contributed by atoms with van der Waals surface area (Å²) < 4.78 is 2.30. The van der Waals surface area contributed by atoms with E-state index in [0.717, 1.165) is 69.1 Å². The molecule has 154 valence electrons. The number of rotatable bonds is 3. The lowest BCUT2D eigenvalue weighted by molar-refractivity contribution is -0.136. The second kappa shape index (κ2) is 7.52. The Bertz CT molecular complexity index is 871. The molecule has 29 heavy (non-hydrogen) atoms. The summed E-state index contributed by atoms with van der Waals surface area (Å²) in [6.45, 7) is 8.22. The topological polar surface area (TPSA) is 67.2 Å². The molecule has 0 N–H and O–H groups in total. The van der Waals surface area contributed by atoms with Gasteiger partial charge in [-0.3, -0.25) is 9.78 Å². The standard InChI is InChI=1S/C22H30N6O/c1-15(2)26-11-7-17(8-12-26)22(29)27-13-18-3-4-20-24-25-21(28(20)19(18)14-27)16-5-9-23-10-6-16/h5-6,9-10,15,17-19H,3-4,7-8,11-14H2,1-2H3/t18-,19+/m1/s1. The number of hydrogen-bond donors (Lipinski definition) is 0. The number of carbonyl (C=O) groups is 1. The number of hydrogen-bond acceptors (Lipinski definition) is 5. The van der Waals surface area contributed by atoms with Gasteiger partial charge in [-0.05, 0) is 64.3 Å². The number of aryl methyl sites for hydroxylation is 1. The highest BCUT2D eigenvalue weighted by atomic mass is 16.2. The van der Waals surface area contributed by atoms with Crippen LogP contribution in [0, 0.1) is 11.8 Å². The maximum Gasteiger partial charge on any atom is 0.225 e. The van der Waals surface area contributed by atoms with E-state index in [1.165, 1.54) is 0 Å². The van der Waals surface area contributed by atoms with Gasteiger partial charge in [-0.15, -0.1) is 10.2 Å². The molecule has 2 aromatic heterocycles. The van der Waals surface area contributed by atoms with Crippen LogP contribution in [-0.4, -0.2) is 67.7 Å². The molecule has 2 fully saturated rings. The van der Waals surface area contributed by atoms with Crippen LogP contribution in [-0.2, 0) is 11.2 Å². The van der Waals surface area contributed by atoms with Crippen LogP contribution >= 0.6 is 0 Å².